The molecule has 2 N–H and O–H groups in total. The van der Waals surface area contributed by atoms with E-state index >= 15 is 0 Å². The molecule has 1 aliphatic rings. The van der Waals surface area contributed by atoms with Gasteiger partial charge in [0.2, 0.25) is 0 Å². The third-order valence-electron chi connectivity index (χ3n) is 2.75. The molecule has 1 aliphatic carbocycles. The van der Waals surface area contributed by atoms with E-state index in [2.05, 4.69) is 0 Å². The van der Waals surface area contributed by atoms with Crippen molar-refractivity contribution in [2.75, 3.05) is 13.7 Å². The molecule has 0 fully saturated rings. The molecule has 1 unspecified atom stereocenters. The minimum Gasteiger partial charge on any atom is -0.496 e. The minimum atomic E-state index is -0.448. The van der Waals surface area contributed by atoms with Gasteiger partial charge in [-0.25, -0.2) is 4.39 Å². The Bertz CT molecular complexity index is 417. The summed E-state index contributed by atoms with van der Waals surface area (Å²) in [4.78, 5) is 11.6. The Morgan fingerprint density at radius 1 is 1.60 bits per heavy atom. The number of methoxy groups -OCH3 is 1. The number of carbonyl (C=O) groups is 1. The van der Waals surface area contributed by atoms with Gasteiger partial charge in [-0.15, -0.1) is 0 Å². The molecule has 80 valence electrons. The van der Waals surface area contributed by atoms with Crippen molar-refractivity contribution < 1.29 is 13.9 Å². The molecule has 0 bridgehead atoms. The number of ether oxygens (including phenoxy) is 1. The third-order valence-corrected chi connectivity index (χ3v) is 2.75. The molecule has 1 atom stereocenters. The number of nitrogens with two attached hydrogens (primary N) is 1. The van der Waals surface area contributed by atoms with E-state index in [4.69, 9.17) is 10.5 Å². The highest BCUT2D eigenvalue weighted by Crippen LogP contribution is 2.39. The molecular weight excluding hydrogens is 197 g/mol. The zero-order chi connectivity index (χ0) is 11.0. The number of ketones is 1. The second-order valence-electron chi connectivity index (χ2n) is 3.63. The summed E-state index contributed by atoms with van der Waals surface area (Å²) < 4.78 is 18.2. The summed E-state index contributed by atoms with van der Waals surface area (Å²) in [7, 11) is 1.46. The van der Waals surface area contributed by atoms with Crippen molar-refractivity contribution in [1.29, 1.82) is 0 Å². The first-order valence-corrected chi connectivity index (χ1v) is 4.78. The first kappa shape index (κ1) is 10.1. The van der Waals surface area contributed by atoms with Crippen LogP contribution < -0.4 is 10.5 Å². The van der Waals surface area contributed by atoms with E-state index < -0.39 is 5.82 Å². The largest absolute Gasteiger partial charge is 0.496 e. The fourth-order valence-electron chi connectivity index (χ4n) is 2.05. The van der Waals surface area contributed by atoms with Gasteiger partial charge in [0.1, 0.15) is 11.6 Å². The van der Waals surface area contributed by atoms with Gasteiger partial charge in [0.05, 0.1) is 7.11 Å². The molecule has 3 nitrogen and oxygen atoms in total. The maximum Gasteiger partial charge on any atom is 0.164 e. The number of halogens is 1. The fourth-order valence-corrected chi connectivity index (χ4v) is 2.05. The molecule has 15 heavy (non-hydrogen) atoms. The van der Waals surface area contributed by atoms with E-state index in [-0.39, 0.29) is 11.7 Å². The average Bonchev–Trinajstić information content (AvgIpc) is 2.55. The molecule has 1 aromatic rings. The lowest BCUT2D eigenvalue weighted by molar-refractivity contribution is 0.0989. The maximum absolute atomic E-state index is 13.2. The zero-order valence-electron chi connectivity index (χ0n) is 8.42. The predicted molar refractivity (Wildman–Crippen MR) is 53.7 cm³/mol. The maximum atomic E-state index is 13.2. The summed E-state index contributed by atoms with van der Waals surface area (Å²) in [5.74, 6) is -0.121. The van der Waals surface area contributed by atoms with Gasteiger partial charge in [-0.05, 0) is 12.6 Å². The lowest BCUT2D eigenvalue weighted by atomic mass is 10.0. The standard InChI is InChI=1S/C11H12FNO2/c1-15-10-4-7(12)3-8-9(14)2-6(5-13)11(8)10/h3-4,6H,2,5,13H2,1H3. The van der Waals surface area contributed by atoms with Gasteiger partial charge in [-0.3, -0.25) is 4.79 Å². The molecule has 0 heterocycles. The second-order valence-corrected chi connectivity index (χ2v) is 3.63. The number of hydrogen-bond acceptors (Lipinski definition) is 3. The Morgan fingerprint density at radius 3 is 2.93 bits per heavy atom. The van der Waals surface area contributed by atoms with Gasteiger partial charge in [0, 0.05) is 29.5 Å². The Hall–Kier alpha value is -1.42. The smallest absolute Gasteiger partial charge is 0.164 e. The van der Waals surface area contributed by atoms with Crippen LogP contribution in [-0.2, 0) is 0 Å². The van der Waals surface area contributed by atoms with Crippen LogP contribution in [0.15, 0.2) is 12.1 Å². The van der Waals surface area contributed by atoms with E-state index in [1.54, 1.807) is 0 Å². The van der Waals surface area contributed by atoms with Crippen LogP contribution in [0.25, 0.3) is 0 Å². The highest BCUT2D eigenvalue weighted by atomic mass is 19.1. The van der Waals surface area contributed by atoms with E-state index in [0.717, 1.165) is 5.56 Å². The SMILES string of the molecule is COc1cc(F)cc2c1C(CN)CC2=O. The molecule has 0 aromatic heterocycles. The fraction of sp³-hybridized carbons (Fsp3) is 0.364. The molecule has 2 rings (SSSR count). The third kappa shape index (κ3) is 1.51. The first-order chi connectivity index (χ1) is 7.17. The molecule has 0 saturated heterocycles. The summed E-state index contributed by atoms with van der Waals surface area (Å²) in [5.41, 5.74) is 6.75. The van der Waals surface area contributed by atoms with Crippen LogP contribution in [0.5, 0.6) is 5.75 Å². The molecule has 0 saturated carbocycles. The number of carbonyl (C=O) groups excluding carboxylic acids is 1. The second kappa shape index (κ2) is 3.62. The summed E-state index contributed by atoms with van der Waals surface area (Å²) in [6.45, 7) is 0.376. The molecule has 0 aliphatic heterocycles. The lowest BCUT2D eigenvalue weighted by Crippen LogP contribution is -2.10. The summed E-state index contributed by atoms with van der Waals surface area (Å²) in [6.07, 6.45) is 0.353. The van der Waals surface area contributed by atoms with Gasteiger partial charge < -0.3 is 10.5 Å². The average molecular weight is 209 g/mol. The van der Waals surface area contributed by atoms with Crippen molar-refractivity contribution in [2.24, 2.45) is 5.73 Å². The van der Waals surface area contributed by atoms with Gasteiger partial charge in [0.25, 0.3) is 0 Å². The van der Waals surface area contributed by atoms with Gasteiger partial charge in [-0.1, -0.05) is 0 Å². The van der Waals surface area contributed by atoms with Crippen LogP contribution >= 0.6 is 0 Å². The number of Topliss-reactive ketones (excluding diaryl/α,β-unsaturated/α-hetero) is 1. The Morgan fingerprint density at radius 2 is 2.33 bits per heavy atom. The number of rotatable bonds is 2. The van der Waals surface area contributed by atoms with Crippen molar-refractivity contribution in [3.63, 3.8) is 0 Å². The van der Waals surface area contributed by atoms with Crippen molar-refractivity contribution >= 4 is 5.78 Å². The first-order valence-electron chi connectivity index (χ1n) is 4.78. The highest BCUT2D eigenvalue weighted by molar-refractivity contribution is 6.02. The van der Waals surface area contributed by atoms with Crippen LogP contribution in [0.1, 0.15) is 28.3 Å². The summed E-state index contributed by atoms with van der Waals surface area (Å²) in [6, 6.07) is 2.55. The van der Waals surface area contributed by atoms with Crippen molar-refractivity contribution in [3.05, 3.63) is 29.1 Å². The van der Waals surface area contributed by atoms with Gasteiger partial charge in [0.15, 0.2) is 5.78 Å². The quantitative estimate of drug-likeness (QED) is 0.802. The van der Waals surface area contributed by atoms with Crippen molar-refractivity contribution in [2.45, 2.75) is 12.3 Å². The number of benzene rings is 1. The van der Waals surface area contributed by atoms with E-state index in [1.807, 2.05) is 0 Å². The van der Waals surface area contributed by atoms with Crippen LogP contribution in [0, 0.1) is 5.82 Å². The monoisotopic (exact) mass is 209 g/mol. The van der Waals surface area contributed by atoms with Crippen LogP contribution in [0.3, 0.4) is 0 Å². The van der Waals surface area contributed by atoms with E-state index in [9.17, 15) is 9.18 Å². The van der Waals surface area contributed by atoms with E-state index in [0.29, 0.717) is 24.3 Å². The Labute approximate surface area is 87.0 Å². The molecular formula is C11H12FNO2. The summed E-state index contributed by atoms with van der Waals surface area (Å²) in [5, 5.41) is 0. The van der Waals surface area contributed by atoms with Crippen molar-refractivity contribution in [3.8, 4) is 5.75 Å². The normalized spacial score (nSPS) is 19.1. The van der Waals surface area contributed by atoms with Gasteiger partial charge >= 0.3 is 0 Å². The molecule has 0 amide bonds. The predicted octanol–water partition coefficient (Wildman–Crippen LogP) is 1.46. The van der Waals surface area contributed by atoms with E-state index in [1.165, 1.54) is 19.2 Å². The highest BCUT2D eigenvalue weighted by Gasteiger charge is 2.32. The zero-order valence-corrected chi connectivity index (χ0v) is 8.42. The summed E-state index contributed by atoms with van der Waals surface area (Å²) >= 11 is 0. The molecule has 4 heteroatoms. The Kier molecular flexibility index (Phi) is 2.44. The van der Waals surface area contributed by atoms with Crippen LogP contribution in [0.2, 0.25) is 0 Å². The number of fused-ring (bicyclic) bond motifs is 1. The number of hydrogen-bond donors (Lipinski definition) is 1. The van der Waals surface area contributed by atoms with Crippen LogP contribution in [0.4, 0.5) is 4.39 Å². The molecule has 0 spiro atoms. The van der Waals surface area contributed by atoms with Crippen LogP contribution in [-0.4, -0.2) is 19.4 Å². The minimum absolute atomic E-state index is 0.0388. The van der Waals surface area contributed by atoms with Crippen molar-refractivity contribution in [1.82, 2.24) is 0 Å². The Balaban J connectivity index is 2.61. The lowest BCUT2D eigenvalue weighted by Gasteiger charge is -2.12. The molecule has 0 radical (unpaired) electrons. The topological polar surface area (TPSA) is 52.3 Å². The molecule has 1 aromatic carbocycles. The van der Waals surface area contributed by atoms with Gasteiger partial charge in [-0.2, -0.15) is 0 Å².